The van der Waals surface area contributed by atoms with Crippen molar-refractivity contribution >= 4 is 0 Å². The molecule has 0 aromatic rings. The third kappa shape index (κ3) is 5.38. The molecule has 2 aliphatic rings. The molecule has 2 atom stereocenters. The van der Waals surface area contributed by atoms with Gasteiger partial charge in [-0.05, 0) is 44.9 Å². The Morgan fingerprint density at radius 1 is 1.16 bits per heavy atom. The predicted molar refractivity (Wildman–Crippen MR) is 72.8 cm³/mol. The minimum atomic E-state index is -0.541. The van der Waals surface area contributed by atoms with E-state index in [-0.39, 0.29) is 6.29 Å². The molecule has 2 N–H and O–H groups in total. The molecule has 1 heterocycles. The van der Waals surface area contributed by atoms with Gasteiger partial charge in [-0.1, -0.05) is 19.3 Å². The summed E-state index contributed by atoms with van der Waals surface area (Å²) >= 11 is 0. The Kier molecular flexibility index (Phi) is 6.07. The number of aliphatic hydroxyl groups excluding tert-OH is 1. The molecule has 4 heteroatoms. The lowest BCUT2D eigenvalue weighted by Gasteiger charge is -2.33. The summed E-state index contributed by atoms with van der Waals surface area (Å²) in [5.74, 6) is 0. The van der Waals surface area contributed by atoms with Gasteiger partial charge in [-0.2, -0.15) is 0 Å². The molecule has 0 aromatic heterocycles. The smallest absolute Gasteiger partial charge is 0.157 e. The molecule has 19 heavy (non-hydrogen) atoms. The highest BCUT2D eigenvalue weighted by atomic mass is 16.7. The van der Waals surface area contributed by atoms with Crippen LogP contribution in [-0.2, 0) is 9.47 Å². The van der Waals surface area contributed by atoms with E-state index in [0.29, 0.717) is 19.4 Å². The molecule has 2 rings (SSSR count). The van der Waals surface area contributed by atoms with Crippen molar-refractivity contribution in [3.8, 4) is 0 Å². The highest BCUT2D eigenvalue weighted by Gasteiger charge is 2.29. The zero-order valence-corrected chi connectivity index (χ0v) is 11.9. The molecule has 1 saturated heterocycles. The highest BCUT2D eigenvalue weighted by Crippen LogP contribution is 2.32. The van der Waals surface area contributed by atoms with Crippen molar-refractivity contribution in [2.75, 3.05) is 13.2 Å². The van der Waals surface area contributed by atoms with Crippen LogP contribution in [0.25, 0.3) is 0 Å². The minimum Gasteiger partial charge on any atom is -0.391 e. The second-order valence-corrected chi connectivity index (χ2v) is 6.11. The molecule has 1 aliphatic heterocycles. The SMILES string of the molecule is O[C@H](CCC1(O)CCCCC1)COC1CCCCO1. The molecule has 0 spiro atoms. The van der Waals surface area contributed by atoms with Crippen LogP contribution in [0.3, 0.4) is 0 Å². The lowest BCUT2D eigenvalue weighted by Crippen LogP contribution is -2.33. The Morgan fingerprint density at radius 3 is 2.63 bits per heavy atom. The van der Waals surface area contributed by atoms with Crippen molar-refractivity contribution in [1.82, 2.24) is 0 Å². The van der Waals surface area contributed by atoms with Crippen molar-refractivity contribution in [3.63, 3.8) is 0 Å². The first-order chi connectivity index (χ1) is 9.18. The number of hydrogen-bond donors (Lipinski definition) is 2. The maximum atomic E-state index is 10.4. The zero-order chi connectivity index (χ0) is 13.6. The first-order valence-corrected chi connectivity index (χ1v) is 7.82. The Bertz CT molecular complexity index is 245. The van der Waals surface area contributed by atoms with Crippen LogP contribution in [0.1, 0.15) is 64.2 Å². The van der Waals surface area contributed by atoms with Gasteiger partial charge < -0.3 is 19.7 Å². The van der Waals surface area contributed by atoms with Crippen molar-refractivity contribution in [1.29, 1.82) is 0 Å². The summed E-state index contributed by atoms with van der Waals surface area (Å²) < 4.78 is 11.0. The summed E-state index contributed by atoms with van der Waals surface area (Å²) in [6.07, 6.45) is 9.06. The van der Waals surface area contributed by atoms with E-state index in [9.17, 15) is 10.2 Å². The van der Waals surface area contributed by atoms with Crippen molar-refractivity contribution < 1.29 is 19.7 Å². The van der Waals surface area contributed by atoms with E-state index >= 15 is 0 Å². The van der Waals surface area contributed by atoms with Gasteiger partial charge in [-0.25, -0.2) is 0 Å². The summed E-state index contributed by atoms with van der Waals surface area (Å²) in [6, 6.07) is 0. The molecule has 4 nitrogen and oxygen atoms in total. The van der Waals surface area contributed by atoms with Crippen LogP contribution in [0.2, 0.25) is 0 Å². The molecule has 0 radical (unpaired) electrons. The summed E-state index contributed by atoms with van der Waals surface area (Å²) in [4.78, 5) is 0. The van der Waals surface area contributed by atoms with Crippen LogP contribution >= 0.6 is 0 Å². The molecular weight excluding hydrogens is 244 g/mol. The van der Waals surface area contributed by atoms with E-state index in [0.717, 1.165) is 51.6 Å². The Hall–Kier alpha value is -0.160. The van der Waals surface area contributed by atoms with E-state index in [2.05, 4.69) is 0 Å². The average molecular weight is 272 g/mol. The number of rotatable bonds is 6. The van der Waals surface area contributed by atoms with Crippen molar-refractivity contribution in [2.24, 2.45) is 0 Å². The minimum absolute atomic E-state index is 0.138. The molecule has 0 amide bonds. The first kappa shape index (κ1) is 15.2. The van der Waals surface area contributed by atoms with Gasteiger partial charge in [0.2, 0.25) is 0 Å². The average Bonchev–Trinajstić information content (AvgIpc) is 2.45. The Balaban J connectivity index is 1.59. The molecule has 0 bridgehead atoms. The highest BCUT2D eigenvalue weighted by molar-refractivity contribution is 4.82. The molecule has 1 aliphatic carbocycles. The number of ether oxygens (including phenoxy) is 2. The first-order valence-electron chi connectivity index (χ1n) is 7.82. The second-order valence-electron chi connectivity index (χ2n) is 6.11. The zero-order valence-electron chi connectivity index (χ0n) is 11.9. The van der Waals surface area contributed by atoms with Gasteiger partial charge in [0, 0.05) is 6.61 Å². The van der Waals surface area contributed by atoms with Crippen LogP contribution in [0.15, 0.2) is 0 Å². The quantitative estimate of drug-likeness (QED) is 0.779. The lowest BCUT2D eigenvalue weighted by molar-refractivity contribution is -0.176. The molecule has 2 fully saturated rings. The number of aliphatic hydroxyl groups is 2. The van der Waals surface area contributed by atoms with Crippen LogP contribution in [0, 0.1) is 0 Å². The fraction of sp³-hybridized carbons (Fsp3) is 1.00. The lowest BCUT2D eigenvalue weighted by atomic mass is 9.81. The van der Waals surface area contributed by atoms with Crippen LogP contribution in [-0.4, -0.2) is 41.4 Å². The predicted octanol–water partition coefficient (Wildman–Crippen LogP) is 2.37. The molecule has 0 aromatic carbocycles. The van der Waals surface area contributed by atoms with Gasteiger partial charge in [0.25, 0.3) is 0 Å². The maximum absolute atomic E-state index is 10.4. The molecule has 112 valence electrons. The standard InChI is InChI=1S/C15H28O4/c16-13(12-19-14-6-2-5-11-18-14)7-10-15(17)8-3-1-4-9-15/h13-14,16-17H,1-12H2/t13-,14?/m1/s1. The summed E-state index contributed by atoms with van der Waals surface area (Å²) in [7, 11) is 0. The third-order valence-electron chi connectivity index (χ3n) is 4.34. The van der Waals surface area contributed by atoms with Gasteiger partial charge >= 0.3 is 0 Å². The van der Waals surface area contributed by atoms with Crippen molar-refractivity contribution in [3.05, 3.63) is 0 Å². The van der Waals surface area contributed by atoms with E-state index < -0.39 is 11.7 Å². The number of hydrogen-bond acceptors (Lipinski definition) is 4. The van der Waals surface area contributed by atoms with Gasteiger partial charge in [0.15, 0.2) is 6.29 Å². The molecule has 1 saturated carbocycles. The van der Waals surface area contributed by atoms with Crippen LogP contribution in [0.4, 0.5) is 0 Å². The second kappa shape index (κ2) is 7.58. The van der Waals surface area contributed by atoms with E-state index in [4.69, 9.17) is 9.47 Å². The largest absolute Gasteiger partial charge is 0.391 e. The van der Waals surface area contributed by atoms with Crippen LogP contribution in [0.5, 0.6) is 0 Å². The summed E-state index contributed by atoms with van der Waals surface area (Å²) in [5, 5.41) is 20.3. The van der Waals surface area contributed by atoms with Gasteiger partial charge in [-0.15, -0.1) is 0 Å². The third-order valence-corrected chi connectivity index (χ3v) is 4.34. The van der Waals surface area contributed by atoms with Crippen LogP contribution < -0.4 is 0 Å². The normalized spacial score (nSPS) is 29.1. The molecular formula is C15H28O4. The monoisotopic (exact) mass is 272 g/mol. The van der Waals surface area contributed by atoms with E-state index in [1.807, 2.05) is 0 Å². The van der Waals surface area contributed by atoms with Crippen molar-refractivity contribution in [2.45, 2.75) is 82.2 Å². The van der Waals surface area contributed by atoms with E-state index in [1.54, 1.807) is 0 Å². The fourth-order valence-electron chi connectivity index (χ4n) is 3.04. The van der Waals surface area contributed by atoms with E-state index in [1.165, 1.54) is 6.42 Å². The van der Waals surface area contributed by atoms with Gasteiger partial charge in [0.1, 0.15) is 0 Å². The molecule has 1 unspecified atom stereocenters. The Morgan fingerprint density at radius 2 is 1.95 bits per heavy atom. The summed E-state index contributed by atoms with van der Waals surface area (Å²) in [6.45, 7) is 1.08. The maximum Gasteiger partial charge on any atom is 0.157 e. The van der Waals surface area contributed by atoms with Gasteiger partial charge in [-0.3, -0.25) is 0 Å². The summed E-state index contributed by atoms with van der Waals surface area (Å²) in [5.41, 5.74) is -0.541. The Labute approximate surface area is 116 Å². The van der Waals surface area contributed by atoms with Gasteiger partial charge in [0.05, 0.1) is 18.3 Å². The topological polar surface area (TPSA) is 58.9 Å². The fourth-order valence-corrected chi connectivity index (χ4v) is 3.04.